The van der Waals surface area contributed by atoms with Gasteiger partial charge in [-0.2, -0.15) is 0 Å². The summed E-state index contributed by atoms with van der Waals surface area (Å²) in [7, 11) is 4.56. The SMILES string of the molecule is COc1cc(C2SCC3C(=O)N(c4ccc(F)cc4)C(=O)N32)cc(OC)c1OC. The zero-order chi connectivity index (χ0) is 20.7. The highest BCUT2D eigenvalue weighted by Crippen LogP contribution is 2.49. The van der Waals surface area contributed by atoms with Gasteiger partial charge >= 0.3 is 6.03 Å². The minimum absolute atomic E-state index is 0.316. The molecule has 3 amide bonds. The first-order valence-electron chi connectivity index (χ1n) is 8.83. The number of halogens is 1. The monoisotopic (exact) mass is 418 g/mol. The van der Waals surface area contributed by atoms with Gasteiger partial charge in [-0.15, -0.1) is 11.8 Å². The van der Waals surface area contributed by atoms with E-state index in [0.717, 1.165) is 10.5 Å². The Bertz CT molecular complexity index is 943. The minimum Gasteiger partial charge on any atom is -0.493 e. The number of hydrogen-bond donors (Lipinski definition) is 0. The number of fused-ring (bicyclic) bond motifs is 1. The molecule has 2 aliphatic rings. The highest BCUT2D eigenvalue weighted by Gasteiger charge is 2.53. The van der Waals surface area contributed by atoms with Crippen LogP contribution in [-0.2, 0) is 4.79 Å². The van der Waals surface area contributed by atoms with Gasteiger partial charge in [-0.3, -0.25) is 9.69 Å². The van der Waals surface area contributed by atoms with Crippen molar-refractivity contribution in [3.05, 3.63) is 47.8 Å². The molecule has 0 spiro atoms. The Labute approximate surface area is 171 Å². The first kappa shape index (κ1) is 19.4. The number of carbonyl (C=O) groups is 2. The standard InChI is InChI=1S/C20H19FN2O5S/c1-26-15-8-11(9-16(27-2)17(15)28-3)19-23-14(10-29-19)18(24)22(20(23)25)13-6-4-12(21)5-7-13/h4-9,14,19H,10H2,1-3H3. The van der Waals surface area contributed by atoms with E-state index in [1.807, 2.05) is 0 Å². The van der Waals surface area contributed by atoms with Crippen molar-refractivity contribution in [2.45, 2.75) is 11.4 Å². The number of benzene rings is 2. The summed E-state index contributed by atoms with van der Waals surface area (Å²) in [6, 6.07) is 7.84. The fourth-order valence-corrected chi connectivity index (χ4v) is 5.01. The van der Waals surface area contributed by atoms with Crippen LogP contribution in [0.1, 0.15) is 10.9 Å². The van der Waals surface area contributed by atoms with Crippen molar-refractivity contribution in [2.24, 2.45) is 0 Å². The molecule has 0 bridgehead atoms. The number of imide groups is 1. The average molecular weight is 418 g/mol. The lowest BCUT2D eigenvalue weighted by Crippen LogP contribution is -2.33. The molecule has 0 aromatic heterocycles. The van der Waals surface area contributed by atoms with Crippen molar-refractivity contribution >= 4 is 29.4 Å². The molecule has 29 heavy (non-hydrogen) atoms. The molecule has 152 valence electrons. The van der Waals surface area contributed by atoms with Crippen LogP contribution in [0.15, 0.2) is 36.4 Å². The fraction of sp³-hybridized carbons (Fsp3) is 0.300. The number of anilines is 1. The summed E-state index contributed by atoms with van der Waals surface area (Å²) >= 11 is 1.49. The summed E-state index contributed by atoms with van der Waals surface area (Å²) in [5.74, 6) is 1.11. The molecule has 2 aromatic carbocycles. The van der Waals surface area contributed by atoms with Gasteiger partial charge in [0.05, 0.1) is 27.0 Å². The van der Waals surface area contributed by atoms with E-state index in [2.05, 4.69) is 0 Å². The predicted molar refractivity (Wildman–Crippen MR) is 106 cm³/mol. The van der Waals surface area contributed by atoms with Crippen LogP contribution in [0.5, 0.6) is 17.2 Å². The Morgan fingerprint density at radius 1 is 1.00 bits per heavy atom. The molecule has 2 saturated heterocycles. The molecule has 2 unspecified atom stereocenters. The number of ether oxygens (including phenoxy) is 3. The maximum Gasteiger partial charge on any atom is 0.333 e. The summed E-state index contributed by atoms with van der Waals surface area (Å²) in [4.78, 5) is 28.7. The van der Waals surface area contributed by atoms with Crippen molar-refractivity contribution in [2.75, 3.05) is 32.0 Å². The third-order valence-electron chi connectivity index (χ3n) is 4.98. The molecular formula is C20H19FN2O5S. The Kier molecular flexibility index (Phi) is 4.99. The van der Waals surface area contributed by atoms with Gasteiger partial charge < -0.3 is 14.2 Å². The third-order valence-corrected chi connectivity index (χ3v) is 6.30. The molecule has 7 nitrogen and oxygen atoms in total. The Morgan fingerprint density at radius 2 is 1.62 bits per heavy atom. The van der Waals surface area contributed by atoms with Gasteiger partial charge in [0.1, 0.15) is 17.2 Å². The molecule has 0 N–H and O–H groups in total. The normalized spacial score (nSPS) is 20.8. The molecule has 2 aliphatic heterocycles. The van der Waals surface area contributed by atoms with Crippen molar-refractivity contribution in [3.8, 4) is 17.2 Å². The fourth-order valence-electron chi connectivity index (χ4n) is 3.62. The summed E-state index contributed by atoms with van der Waals surface area (Å²) < 4.78 is 29.4. The molecule has 2 heterocycles. The van der Waals surface area contributed by atoms with Crippen LogP contribution in [0.4, 0.5) is 14.9 Å². The molecule has 2 fully saturated rings. The first-order chi connectivity index (χ1) is 14.0. The van der Waals surface area contributed by atoms with Gasteiger partial charge in [-0.05, 0) is 42.0 Å². The number of carbonyl (C=O) groups excluding carboxylic acids is 2. The van der Waals surface area contributed by atoms with Crippen molar-refractivity contribution in [1.29, 1.82) is 0 Å². The van der Waals surface area contributed by atoms with Gasteiger partial charge in [-0.25, -0.2) is 14.1 Å². The molecule has 2 aromatic rings. The van der Waals surface area contributed by atoms with E-state index in [-0.39, 0.29) is 5.91 Å². The zero-order valence-electron chi connectivity index (χ0n) is 16.0. The van der Waals surface area contributed by atoms with Gasteiger partial charge in [0.2, 0.25) is 5.75 Å². The number of nitrogens with zero attached hydrogens (tertiary/aromatic N) is 2. The Balaban J connectivity index is 1.71. The lowest BCUT2D eigenvalue weighted by Gasteiger charge is -2.24. The van der Waals surface area contributed by atoms with E-state index >= 15 is 0 Å². The number of amides is 3. The summed E-state index contributed by atoms with van der Waals surface area (Å²) in [5, 5.41) is -0.393. The lowest BCUT2D eigenvalue weighted by atomic mass is 10.1. The highest BCUT2D eigenvalue weighted by molar-refractivity contribution is 7.99. The summed E-state index contributed by atoms with van der Waals surface area (Å²) in [5.41, 5.74) is 1.11. The van der Waals surface area contributed by atoms with E-state index in [1.54, 1.807) is 17.0 Å². The predicted octanol–water partition coefficient (Wildman–Crippen LogP) is 3.43. The van der Waals surface area contributed by atoms with Crippen LogP contribution in [-0.4, -0.2) is 50.0 Å². The largest absolute Gasteiger partial charge is 0.493 e. The molecule has 4 rings (SSSR count). The van der Waals surface area contributed by atoms with Crippen LogP contribution in [0, 0.1) is 5.82 Å². The van der Waals surface area contributed by atoms with E-state index in [1.165, 1.54) is 57.4 Å². The topological polar surface area (TPSA) is 68.3 Å². The maximum absolute atomic E-state index is 13.3. The van der Waals surface area contributed by atoms with Crippen molar-refractivity contribution in [3.63, 3.8) is 0 Å². The molecule has 2 atom stereocenters. The van der Waals surface area contributed by atoms with E-state index < -0.39 is 23.3 Å². The van der Waals surface area contributed by atoms with Crippen LogP contribution in [0.3, 0.4) is 0 Å². The highest BCUT2D eigenvalue weighted by atomic mass is 32.2. The second-order valence-electron chi connectivity index (χ2n) is 6.50. The second kappa shape index (κ2) is 7.47. The van der Waals surface area contributed by atoms with Gasteiger partial charge in [0.25, 0.3) is 5.91 Å². The number of hydrogen-bond acceptors (Lipinski definition) is 6. The smallest absolute Gasteiger partial charge is 0.333 e. The van der Waals surface area contributed by atoms with Crippen LogP contribution in [0.2, 0.25) is 0 Å². The van der Waals surface area contributed by atoms with Crippen molar-refractivity contribution < 1.29 is 28.2 Å². The van der Waals surface area contributed by atoms with Crippen LogP contribution >= 0.6 is 11.8 Å². The average Bonchev–Trinajstić information content (AvgIpc) is 3.28. The van der Waals surface area contributed by atoms with Gasteiger partial charge in [0.15, 0.2) is 11.5 Å². The van der Waals surface area contributed by atoms with E-state index in [4.69, 9.17) is 14.2 Å². The Hall–Kier alpha value is -2.94. The minimum atomic E-state index is -0.582. The number of urea groups is 1. The molecule has 9 heteroatoms. The van der Waals surface area contributed by atoms with Crippen molar-refractivity contribution in [1.82, 2.24) is 4.90 Å². The third kappa shape index (κ3) is 3.05. The lowest BCUT2D eigenvalue weighted by molar-refractivity contribution is -0.119. The molecule has 0 saturated carbocycles. The van der Waals surface area contributed by atoms with Gasteiger partial charge in [-0.1, -0.05) is 0 Å². The molecular weight excluding hydrogens is 399 g/mol. The van der Waals surface area contributed by atoms with Crippen LogP contribution < -0.4 is 19.1 Å². The van der Waals surface area contributed by atoms with E-state index in [0.29, 0.717) is 28.7 Å². The number of methoxy groups -OCH3 is 3. The Morgan fingerprint density at radius 3 is 2.17 bits per heavy atom. The van der Waals surface area contributed by atoms with E-state index in [9.17, 15) is 14.0 Å². The number of rotatable bonds is 5. The quantitative estimate of drug-likeness (QED) is 0.693. The molecule has 0 radical (unpaired) electrons. The second-order valence-corrected chi connectivity index (χ2v) is 7.61. The zero-order valence-corrected chi connectivity index (χ0v) is 16.9. The maximum atomic E-state index is 13.3. The summed E-state index contributed by atoms with van der Waals surface area (Å²) in [6.07, 6.45) is 0. The van der Waals surface area contributed by atoms with Gasteiger partial charge in [0, 0.05) is 5.75 Å². The summed E-state index contributed by atoms with van der Waals surface area (Å²) in [6.45, 7) is 0. The molecule has 0 aliphatic carbocycles. The number of thioether (sulfide) groups is 1. The van der Waals surface area contributed by atoms with Crippen LogP contribution in [0.25, 0.3) is 0 Å². The first-order valence-corrected chi connectivity index (χ1v) is 9.88.